The molecule has 27 heavy (non-hydrogen) atoms. The van der Waals surface area contributed by atoms with Gasteiger partial charge in [-0.1, -0.05) is 78.9 Å². The molecule has 0 bridgehead atoms. The molecule has 0 unspecified atom stereocenters. The standard InChI is InChI=1S/C23H17N3O/c27-23-20-15-7-8-16-21(20)25-22(19-13-5-2-6-14-19)26(23)24-17-9-12-18-10-3-1-4-11-18/h1-17H. The predicted molar refractivity (Wildman–Crippen MR) is 111 cm³/mol. The van der Waals surface area contributed by atoms with Crippen LogP contribution in [0.4, 0.5) is 0 Å². The first kappa shape index (κ1) is 16.7. The summed E-state index contributed by atoms with van der Waals surface area (Å²) in [6, 6.07) is 26.8. The first-order valence-corrected chi connectivity index (χ1v) is 8.66. The topological polar surface area (TPSA) is 47.2 Å². The van der Waals surface area contributed by atoms with E-state index in [1.807, 2.05) is 91.0 Å². The summed E-state index contributed by atoms with van der Waals surface area (Å²) in [5.41, 5.74) is 2.37. The zero-order valence-electron chi connectivity index (χ0n) is 14.6. The van der Waals surface area contributed by atoms with Gasteiger partial charge in [0.05, 0.1) is 10.9 Å². The van der Waals surface area contributed by atoms with Crippen molar-refractivity contribution in [3.63, 3.8) is 0 Å². The molecule has 4 heteroatoms. The summed E-state index contributed by atoms with van der Waals surface area (Å²) in [6.45, 7) is 0. The van der Waals surface area contributed by atoms with Crippen LogP contribution in [0.25, 0.3) is 28.4 Å². The third-order valence-electron chi connectivity index (χ3n) is 4.14. The minimum atomic E-state index is -0.191. The van der Waals surface area contributed by atoms with Gasteiger partial charge in [0.15, 0.2) is 5.82 Å². The van der Waals surface area contributed by atoms with E-state index in [1.165, 1.54) is 4.68 Å². The Morgan fingerprint density at radius 1 is 0.815 bits per heavy atom. The van der Waals surface area contributed by atoms with Crippen molar-refractivity contribution in [1.29, 1.82) is 0 Å². The highest BCUT2D eigenvalue weighted by atomic mass is 16.1. The molecule has 4 aromatic rings. The van der Waals surface area contributed by atoms with Gasteiger partial charge in [-0.05, 0) is 23.8 Å². The minimum absolute atomic E-state index is 0.191. The van der Waals surface area contributed by atoms with E-state index in [0.717, 1.165) is 11.1 Å². The summed E-state index contributed by atoms with van der Waals surface area (Å²) in [7, 11) is 0. The van der Waals surface area contributed by atoms with Gasteiger partial charge >= 0.3 is 0 Å². The normalized spacial score (nSPS) is 11.6. The van der Waals surface area contributed by atoms with Gasteiger partial charge in [-0.3, -0.25) is 4.79 Å². The average molecular weight is 351 g/mol. The maximum atomic E-state index is 13.0. The number of rotatable bonds is 4. The average Bonchev–Trinajstić information content (AvgIpc) is 2.74. The van der Waals surface area contributed by atoms with Gasteiger partial charge < -0.3 is 0 Å². The first-order valence-electron chi connectivity index (χ1n) is 8.66. The van der Waals surface area contributed by atoms with Crippen LogP contribution in [0.2, 0.25) is 0 Å². The zero-order chi connectivity index (χ0) is 18.5. The van der Waals surface area contributed by atoms with Crippen molar-refractivity contribution in [2.24, 2.45) is 5.10 Å². The molecule has 3 aromatic carbocycles. The molecule has 4 nitrogen and oxygen atoms in total. The van der Waals surface area contributed by atoms with Crippen molar-refractivity contribution in [3.05, 3.63) is 107 Å². The Morgan fingerprint density at radius 2 is 1.48 bits per heavy atom. The van der Waals surface area contributed by atoms with Gasteiger partial charge in [-0.25, -0.2) is 4.98 Å². The molecule has 0 saturated carbocycles. The summed E-state index contributed by atoms with van der Waals surface area (Å²) in [4.78, 5) is 17.6. The van der Waals surface area contributed by atoms with E-state index >= 15 is 0 Å². The molecule has 0 spiro atoms. The third-order valence-corrected chi connectivity index (χ3v) is 4.14. The second-order valence-electron chi connectivity index (χ2n) is 5.97. The van der Waals surface area contributed by atoms with E-state index in [1.54, 1.807) is 12.3 Å². The summed E-state index contributed by atoms with van der Waals surface area (Å²) in [6.07, 6.45) is 5.36. The predicted octanol–water partition coefficient (Wildman–Crippen LogP) is 4.61. The van der Waals surface area contributed by atoms with Crippen LogP contribution in [-0.2, 0) is 0 Å². The Bertz CT molecular complexity index is 1180. The number of hydrogen-bond acceptors (Lipinski definition) is 3. The molecule has 0 fully saturated rings. The Hall–Kier alpha value is -3.79. The molecule has 0 radical (unpaired) electrons. The van der Waals surface area contributed by atoms with Crippen LogP contribution in [0.5, 0.6) is 0 Å². The number of hydrogen-bond donors (Lipinski definition) is 0. The molecule has 0 atom stereocenters. The lowest BCUT2D eigenvalue weighted by atomic mass is 10.2. The van der Waals surface area contributed by atoms with Gasteiger partial charge in [0.25, 0.3) is 5.56 Å². The number of para-hydroxylation sites is 1. The molecule has 0 amide bonds. The smallest absolute Gasteiger partial charge is 0.267 e. The number of benzene rings is 3. The minimum Gasteiger partial charge on any atom is -0.267 e. The summed E-state index contributed by atoms with van der Waals surface area (Å²) >= 11 is 0. The lowest BCUT2D eigenvalue weighted by molar-refractivity contribution is 0.830. The van der Waals surface area contributed by atoms with Crippen LogP contribution < -0.4 is 5.56 Å². The number of aromatic nitrogens is 2. The molecule has 1 heterocycles. The summed E-state index contributed by atoms with van der Waals surface area (Å²) in [5.74, 6) is 0.517. The van der Waals surface area contributed by atoms with Crippen LogP contribution in [-0.4, -0.2) is 15.9 Å². The van der Waals surface area contributed by atoms with Gasteiger partial charge in [0.2, 0.25) is 0 Å². The Morgan fingerprint density at radius 3 is 2.26 bits per heavy atom. The van der Waals surface area contributed by atoms with Gasteiger partial charge in [0.1, 0.15) is 0 Å². The SMILES string of the molecule is O=c1c2ccccc2nc(-c2ccccc2)n1N=CC=Cc1ccccc1. The van der Waals surface area contributed by atoms with Crippen molar-refractivity contribution < 1.29 is 0 Å². The second-order valence-corrected chi connectivity index (χ2v) is 5.97. The number of nitrogens with zero attached hydrogens (tertiary/aromatic N) is 3. The highest BCUT2D eigenvalue weighted by molar-refractivity contribution is 5.81. The largest absolute Gasteiger partial charge is 0.282 e. The molecule has 1 aromatic heterocycles. The Balaban J connectivity index is 1.80. The summed E-state index contributed by atoms with van der Waals surface area (Å²) < 4.78 is 1.35. The summed E-state index contributed by atoms with van der Waals surface area (Å²) in [5, 5.41) is 4.92. The quantitative estimate of drug-likeness (QED) is 0.504. The van der Waals surface area contributed by atoms with Crippen molar-refractivity contribution in [3.8, 4) is 11.4 Å². The van der Waals surface area contributed by atoms with Crippen molar-refractivity contribution in [1.82, 2.24) is 9.66 Å². The molecular weight excluding hydrogens is 334 g/mol. The molecule has 4 rings (SSSR count). The van der Waals surface area contributed by atoms with Crippen molar-refractivity contribution in [2.45, 2.75) is 0 Å². The number of fused-ring (bicyclic) bond motifs is 1. The van der Waals surface area contributed by atoms with E-state index < -0.39 is 0 Å². The monoisotopic (exact) mass is 351 g/mol. The first-order chi connectivity index (χ1) is 13.3. The van der Waals surface area contributed by atoms with Crippen molar-refractivity contribution in [2.75, 3.05) is 0 Å². The molecule has 0 aliphatic heterocycles. The van der Waals surface area contributed by atoms with Gasteiger partial charge in [-0.15, -0.1) is 0 Å². The zero-order valence-corrected chi connectivity index (χ0v) is 14.6. The van der Waals surface area contributed by atoms with Crippen LogP contribution in [0.1, 0.15) is 5.56 Å². The van der Waals surface area contributed by atoms with Gasteiger partial charge in [-0.2, -0.15) is 9.78 Å². The van der Waals surface area contributed by atoms with E-state index in [4.69, 9.17) is 0 Å². The fourth-order valence-electron chi connectivity index (χ4n) is 2.83. The van der Waals surface area contributed by atoms with Crippen LogP contribution in [0.3, 0.4) is 0 Å². The lowest BCUT2D eigenvalue weighted by Gasteiger charge is -2.08. The van der Waals surface area contributed by atoms with Crippen LogP contribution in [0.15, 0.2) is 101 Å². The molecule has 0 saturated heterocycles. The molecule has 0 aliphatic carbocycles. The molecule has 0 aliphatic rings. The number of allylic oxidation sites excluding steroid dienone is 1. The van der Waals surface area contributed by atoms with Crippen LogP contribution in [0, 0.1) is 0 Å². The highest BCUT2D eigenvalue weighted by Crippen LogP contribution is 2.18. The highest BCUT2D eigenvalue weighted by Gasteiger charge is 2.11. The molecular formula is C23H17N3O. The fraction of sp³-hybridized carbons (Fsp3) is 0. The maximum absolute atomic E-state index is 13.0. The van der Waals surface area contributed by atoms with E-state index in [9.17, 15) is 4.79 Å². The fourth-order valence-corrected chi connectivity index (χ4v) is 2.83. The van der Waals surface area contributed by atoms with E-state index in [0.29, 0.717) is 16.7 Å². The molecule has 130 valence electrons. The second kappa shape index (κ2) is 7.62. The van der Waals surface area contributed by atoms with E-state index in [2.05, 4.69) is 10.1 Å². The van der Waals surface area contributed by atoms with Crippen LogP contribution >= 0.6 is 0 Å². The molecule has 0 N–H and O–H groups in total. The maximum Gasteiger partial charge on any atom is 0.282 e. The van der Waals surface area contributed by atoms with E-state index in [-0.39, 0.29) is 5.56 Å². The third kappa shape index (κ3) is 3.60. The Kier molecular flexibility index (Phi) is 4.70. The van der Waals surface area contributed by atoms with Crippen molar-refractivity contribution >= 4 is 23.2 Å². The Labute approximate surface area is 156 Å². The lowest BCUT2D eigenvalue weighted by Crippen LogP contribution is -2.20. The van der Waals surface area contributed by atoms with Gasteiger partial charge in [0, 0.05) is 11.8 Å².